The van der Waals surface area contributed by atoms with E-state index in [0.717, 1.165) is 0 Å². The third kappa shape index (κ3) is 4.62. The van der Waals surface area contributed by atoms with Crippen molar-refractivity contribution in [2.45, 2.75) is 13.7 Å². The molecule has 0 fully saturated rings. The van der Waals surface area contributed by atoms with E-state index in [0.29, 0.717) is 34.6 Å². The zero-order valence-electron chi connectivity index (χ0n) is 11.2. The number of rotatable bonds is 5. The van der Waals surface area contributed by atoms with Crippen LogP contribution < -0.4 is 5.46 Å². The van der Waals surface area contributed by atoms with Gasteiger partial charge in [-0.25, -0.2) is 0 Å². The first-order valence-electron chi connectivity index (χ1n) is 5.46. The molecule has 0 spiro atoms. The summed E-state index contributed by atoms with van der Waals surface area (Å²) in [5, 5.41) is 1.63. The van der Waals surface area contributed by atoms with Crippen LogP contribution in [0.3, 0.4) is 0 Å². The van der Waals surface area contributed by atoms with Gasteiger partial charge in [0.2, 0.25) is 0 Å². The second-order valence-electron chi connectivity index (χ2n) is 3.43. The first-order valence-corrected chi connectivity index (χ1v) is 6.34. The summed E-state index contributed by atoms with van der Waals surface area (Å²) in [7, 11) is 3.25. The van der Waals surface area contributed by atoms with Crippen molar-refractivity contribution in [2.24, 2.45) is 0 Å². The zero-order chi connectivity index (χ0) is 14.1. The highest BCUT2D eigenvalue weighted by atomic mass is 32.1. The number of halogens is 1. The van der Waals surface area contributed by atoms with E-state index in [-0.39, 0.29) is 0 Å². The number of hydrogen-bond donors (Lipinski definition) is 0. The largest absolute Gasteiger partial charge is 0.494 e. The van der Waals surface area contributed by atoms with Gasteiger partial charge in [0.15, 0.2) is 6.29 Å². The van der Waals surface area contributed by atoms with E-state index in [1.807, 2.05) is 6.92 Å². The Morgan fingerprint density at radius 2 is 2.17 bits per heavy atom. The summed E-state index contributed by atoms with van der Waals surface area (Å²) in [6.07, 6.45) is 0.704. The van der Waals surface area contributed by atoms with Crippen LogP contribution in [0.15, 0.2) is 12.0 Å². The van der Waals surface area contributed by atoms with Gasteiger partial charge in [-0.1, -0.05) is 6.58 Å². The average molecular weight is 272 g/mol. The van der Waals surface area contributed by atoms with Crippen LogP contribution in [0.4, 0.5) is 4.32 Å². The van der Waals surface area contributed by atoms with Crippen molar-refractivity contribution in [3.05, 3.63) is 22.4 Å². The van der Waals surface area contributed by atoms with Crippen molar-refractivity contribution in [3.8, 4) is 0 Å². The van der Waals surface area contributed by atoms with Crippen molar-refractivity contribution in [3.63, 3.8) is 0 Å². The van der Waals surface area contributed by atoms with E-state index in [1.54, 1.807) is 19.6 Å². The molecule has 1 aromatic heterocycles. The third-order valence-electron chi connectivity index (χ3n) is 1.98. The van der Waals surface area contributed by atoms with Gasteiger partial charge < -0.3 is 13.8 Å². The van der Waals surface area contributed by atoms with Crippen LogP contribution in [-0.2, 0) is 9.47 Å². The van der Waals surface area contributed by atoms with E-state index in [4.69, 9.17) is 4.74 Å². The Hall–Kier alpha value is -1.14. The fourth-order valence-corrected chi connectivity index (χ4v) is 2.28. The molecule has 0 aliphatic heterocycles. The molecule has 0 bridgehead atoms. The van der Waals surface area contributed by atoms with Crippen LogP contribution >= 0.6 is 11.3 Å². The minimum atomic E-state index is -1.12. The molecule has 0 aliphatic carbocycles. The fraction of sp³-hybridized carbons (Fsp3) is 0.417. The summed E-state index contributed by atoms with van der Waals surface area (Å²) in [4.78, 5) is 11.2. The molecule has 0 aliphatic rings. The van der Waals surface area contributed by atoms with Crippen LogP contribution in [0.2, 0.25) is 6.82 Å². The number of hydrogen-bond acceptors (Lipinski definition) is 4. The second kappa shape index (κ2) is 8.88. The Kier molecular flexibility index (Phi) is 8.32. The van der Waals surface area contributed by atoms with Crippen molar-refractivity contribution in [1.82, 2.24) is 0 Å². The molecule has 1 aromatic rings. The van der Waals surface area contributed by atoms with E-state index in [2.05, 4.69) is 11.3 Å². The molecule has 100 valence electrons. The van der Waals surface area contributed by atoms with Gasteiger partial charge in [-0.15, -0.1) is 11.3 Å². The predicted molar refractivity (Wildman–Crippen MR) is 75.7 cm³/mol. The highest BCUT2D eigenvalue weighted by molar-refractivity contribution is 7.13. The molecule has 0 aromatic carbocycles. The summed E-state index contributed by atoms with van der Waals surface area (Å²) in [5.41, 5.74) is 0.979. The number of methoxy groups -OCH3 is 1. The lowest BCUT2D eigenvalue weighted by molar-refractivity contribution is 0.112. The highest BCUT2D eigenvalue weighted by Gasteiger charge is 2.21. The molecular weight excluding hydrogens is 254 g/mol. The van der Waals surface area contributed by atoms with Crippen LogP contribution in [0.5, 0.6) is 0 Å². The lowest BCUT2D eigenvalue weighted by Crippen LogP contribution is -2.24. The van der Waals surface area contributed by atoms with Gasteiger partial charge in [0.25, 0.3) is 0 Å². The predicted octanol–water partition coefficient (Wildman–Crippen LogP) is 2.63. The Morgan fingerprint density at radius 3 is 2.56 bits per heavy atom. The summed E-state index contributed by atoms with van der Waals surface area (Å²) >= 11 is 1.21. The SMILES string of the molecule is C=C(OCC)c1c(B(C)F)csc1C=O.COC. The molecule has 6 heteroatoms. The number of aldehydes is 1. The van der Waals surface area contributed by atoms with Crippen LogP contribution in [0.1, 0.15) is 22.2 Å². The molecule has 0 N–H and O–H groups in total. The molecule has 18 heavy (non-hydrogen) atoms. The third-order valence-corrected chi connectivity index (χ3v) is 2.91. The number of carbonyl (C=O) groups excluding carboxylic acids is 1. The Morgan fingerprint density at radius 1 is 1.61 bits per heavy atom. The van der Waals surface area contributed by atoms with Gasteiger partial charge >= 0.3 is 6.99 Å². The zero-order valence-corrected chi connectivity index (χ0v) is 12.0. The van der Waals surface area contributed by atoms with E-state index in [1.165, 1.54) is 18.2 Å². The Labute approximate surface area is 112 Å². The summed E-state index contributed by atoms with van der Waals surface area (Å²) < 4.78 is 22.7. The highest BCUT2D eigenvalue weighted by Crippen LogP contribution is 2.21. The Balaban J connectivity index is 0.000000873. The first-order chi connectivity index (χ1) is 8.53. The van der Waals surface area contributed by atoms with Gasteiger partial charge in [0, 0.05) is 19.8 Å². The summed E-state index contributed by atoms with van der Waals surface area (Å²) in [6.45, 7) is 6.27. The molecule has 0 saturated carbocycles. The van der Waals surface area contributed by atoms with Gasteiger partial charge in [-0.2, -0.15) is 0 Å². The van der Waals surface area contributed by atoms with Gasteiger partial charge in [0.1, 0.15) is 5.76 Å². The maximum atomic E-state index is 13.2. The van der Waals surface area contributed by atoms with Crippen LogP contribution in [-0.4, -0.2) is 34.1 Å². The fourth-order valence-electron chi connectivity index (χ4n) is 1.31. The lowest BCUT2D eigenvalue weighted by Gasteiger charge is -2.08. The summed E-state index contributed by atoms with van der Waals surface area (Å²) in [5.74, 6) is 0.361. The quantitative estimate of drug-likeness (QED) is 0.469. The van der Waals surface area contributed by atoms with E-state index in [9.17, 15) is 9.11 Å². The number of ether oxygens (including phenoxy) is 2. The molecule has 0 radical (unpaired) electrons. The van der Waals surface area contributed by atoms with Crippen LogP contribution in [0.25, 0.3) is 5.76 Å². The molecule has 1 rings (SSSR count). The molecule has 0 atom stereocenters. The van der Waals surface area contributed by atoms with Gasteiger partial charge in [-0.3, -0.25) is 4.79 Å². The second-order valence-corrected chi connectivity index (χ2v) is 4.34. The number of carbonyl (C=O) groups is 1. The molecule has 0 unspecified atom stereocenters. The number of thiophene rings is 1. The molecule has 0 saturated heterocycles. The molecule has 0 amide bonds. The Bertz CT molecular complexity index is 391. The van der Waals surface area contributed by atoms with Gasteiger partial charge in [0.05, 0.1) is 11.5 Å². The average Bonchev–Trinajstić information content (AvgIpc) is 2.74. The van der Waals surface area contributed by atoms with Crippen molar-refractivity contribution >= 4 is 35.8 Å². The maximum absolute atomic E-state index is 13.2. The van der Waals surface area contributed by atoms with Crippen molar-refractivity contribution in [1.29, 1.82) is 0 Å². The minimum absolute atomic E-state index is 0.361. The topological polar surface area (TPSA) is 35.5 Å². The monoisotopic (exact) mass is 272 g/mol. The minimum Gasteiger partial charge on any atom is -0.494 e. The van der Waals surface area contributed by atoms with Crippen molar-refractivity contribution < 1.29 is 18.6 Å². The molecule has 1 heterocycles. The van der Waals surface area contributed by atoms with Crippen molar-refractivity contribution in [2.75, 3.05) is 20.8 Å². The standard InChI is InChI=1S/C10H12BFO2S.C2H6O/c1-4-14-7(2)10-8(11(3)12)6-15-9(10)5-13;1-3-2/h5-6H,2,4H2,1,3H3;1-2H3. The summed E-state index contributed by atoms with van der Waals surface area (Å²) in [6, 6.07) is 0. The van der Waals surface area contributed by atoms with E-state index >= 15 is 0 Å². The molecular formula is C12H18BFO3S. The normalized spacial score (nSPS) is 9.17. The van der Waals surface area contributed by atoms with Crippen LogP contribution in [0, 0.1) is 0 Å². The lowest BCUT2D eigenvalue weighted by atomic mass is 9.66. The maximum Gasteiger partial charge on any atom is 0.379 e. The van der Waals surface area contributed by atoms with Gasteiger partial charge in [-0.05, 0) is 24.6 Å². The first kappa shape index (κ1) is 16.9. The smallest absolute Gasteiger partial charge is 0.379 e. The van der Waals surface area contributed by atoms with E-state index < -0.39 is 6.99 Å². The molecule has 3 nitrogen and oxygen atoms in total.